The summed E-state index contributed by atoms with van der Waals surface area (Å²) in [6.45, 7) is 1.07. The third kappa shape index (κ3) is 3.64. The van der Waals surface area contributed by atoms with Crippen LogP contribution in [0.3, 0.4) is 0 Å². The molecule has 6 nitrogen and oxygen atoms in total. The first-order chi connectivity index (χ1) is 9.92. The van der Waals surface area contributed by atoms with E-state index in [1.807, 2.05) is 19.0 Å². The average molecular weight is 313 g/mol. The highest BCUT2D eigenvalue weighted by molar-refractivity contribution is 6.33. The molecule has 2 N–H and O–H groups in total. The second-order valence-electron chi connectivity index (χ2n) is 5.57. The van der Waals surface area contributed by atoms with Gasteiger partial charge in [-0.2, -0.15) is 0 Å². The lowest BCUT2D eigenvalue weighted by Gasteiger charge is -2.26. The van der Waals surface area contributed by atoms with Crippen LogP contribution in [0.25, 0.3) is 0 Å². The number of anilines is 1. The van der Waals surface area contributed by atoms with Gasteiger partial charge in [-0.1, -0.05) is 11.6 Å². The molecule has 0 saturated carbocycles. The van der Waals surface area contributed by atoms with Gasteiger partial charge in [0, 0.05) is 32.4 Å². The van der Waals surface area contributed by atoms with Crippen molar-refractivity contribution >= 4 is 23.3 Å². The summed E-state index contributed by atoms with van der Waals surface area (Å²) in [4.78, 5) is 20.5. The summed E-state index contributed by atoms with van der Waals surface area (Å²) in [6.07, 6.45) is 1.64. The van der Waals surface area contributed by atoms with Crippen LogP contribution in [0, 0.1) is 0 Å². The van der Waals surface area contributed by atoms with Crippen molar-refractivity contribution in [3.63, 3.8) is 0 Å². The van der Waals surface area contributed by atoms with Crippen molar-refractivity contribution in [3.05, 3.63) is 22.8 Å². The molecule has 2 rings (SSSR count). The van der Waals surface area contributed by atoms with E-state index in [0.717, 1.165) is 6.54 Å². The van der Waals surface area contributed by atoms with Gasteiger partial charge in [-0.15, -0.1) is 0 Å². The van der Waals surface area contributed by atoms with E-state index in [1.165, 1.54) is 6.20 Å². The molecule has 1 aromatic rings. The summed E-state index contributed by atoms with van der Waals surface area (Å²) in [5, 5.41) is 13.1. The largest absolute Gasteiger partial charge is 0.391 e. The molecule has 116 valence electrons. The standard InChI is InChI=1S/C14H21ClN4O2/c1-16-13-12(15)4-9(6-17-13)14(21)19-8-11(20)5-10(19)7-18(2)3/h4,6,10-11,20H,5,7-8H2,1-3H3,(H,16,17). The van der Waals surface area contributed by atoms with E-state index < -0.39 is 6.10 Å². The summed E-state index contributed by atoms with van der Waals surface area (Å²) >= 11 is 6.08. The Labute approximate surface area is 129 Å². The van der Waals surface area contributed by atoms with Gasteiger partial charge in [-0.05, 0) is 26.6 Å². The van der Waals surface area contributed by atoms with Crippen LogP contribution in [-0.4, -0.2) is 72.2 Å². The van der Waals surface area contributed by atoms with E-state index in [-0.39, 0.29) is 11.9 Å². The summed E-state index contributed by atoms with van der Waals surface area (Å²) in [5.41, 5.74) is 0.442. The summed E-state index contributed by atoms with van der Waals surface area (Å²) in [7, 11) is 5.63. The molecule has 1 aromatic heterocycles. The van der Waals surface area contributed by atoms with Crippen molar-refractivity contribution in [1.82, 2.24) is 14.8 Å². The van der Waals surface area contributed by atoms with Crippen molar-refractivity contribution in [1.29, 1.82) is 0 Å². The molecule has 1 amide bonds. The van der Waals surface area contributed by atoms with Crippen LogP contribution in [0.2, 0.25) is 5.02 Å². The Morgan fingerprint density at radius 1 is 1.62 bits per heavy atom. The second kappa shape index (κ2) is 6.60. The fourth-order valence-corrected chi connectivity index (χ4v) is 2.90. The van der Waals surface area contributed by atoms with Gasteiger partial charge in [0.25, 0.3) is 5.91 Å². The Bertz CT molecular complexity index is 524. The van der Waals surface area contributed by atoms with Gasteiger partial charge in [0.2, 0.25) is 0 Å². The maximum Gasteiger partial charge on any atom is 0.255 e. The van der Waals surface area contributed by atoms with Crippen molar-refractivity contribution in [2.45, 2.75) is 18.6 Å². The zero-order valence-corrected chi connectivity index (χ0v) is 13.3. The number of likely N-dealkylation sites (N-methyl/N-ethyl adjacent to an activating group) is 1. The van der Waals surface area contributed by atoms with Gasteiger partial charge in [0.05, 0.1) is 16.7 Å². The highest BCUT2D eigenvalue weighted by Crippen LogP contribution is 2.24. The van der Waals surface area contributed by atoms with Crippen molar-refractivity contribution < 1.29 is 9.90 Å². The van der Waals surface area contributed by atoms with Crippen LogP contribution in [-0.2, 0) is 0 Å². The fraction of sp³-hybridized carbons (Fsp3) is 0.571. The van der Waals surface area contributed by atoms with Crippen LogP contribution in [0.5, 0.6) is 0 Å². The van der Waals surface area contributed by atoms with E-state index >= 15 is 0 Å². The number of carbonyl (C=O) groups is 1. The zero-order valence-electron chi connectivity index (χ0n) is 12.5. The first-order valence-electron chi connectivity index (χ1n) is 6.89. The number of halogens is 1. The number of likely N-dealkylation sites (tertiary alicyclic amines) is 1. The molecule has 0 aliphatic carbocycles. The van der Waals surface area contributed by atoms with Crippen molar-refractivity contribution in [2.24, 2.45) is 0 Å². The third-order valence-electron chi connectivity index (χ3n) is 3.55. The smallest absolute Gasteiger partial charge is 0.255 e. The monoisotopic (exact) mass is 312 g/mol. The summed E-state index contributed by atoms with van der Waals surface area (Å²) < 4.78 is 0. The minimum absolute atomic E-state index is 0.00486. The molecule has 2 unspecified atom stereocenters. The van der Waals surface area contributed by atoms with Gasteiger partial charge in [0.1, 0.15) is 5.82 Å². The Kier molecular flexibility index (Phi) is 5.03. The number of aliphatic hydroxyl groups excluding tert-OH is 1. The van der Waals surface area contributed by atoms with Crippen LogP contribution in [0.15, 0.2) is 12.3 Å². The van der Waals surface area contributed by atoms with E-state index in [1.54, 1.807) is 18.0 Å². The van der Waals surface area contributed by atoms with Crippen molar-refractivity contribution in [3.8, 4) is 0 Å². The number of amides is 1. The topological polar surface area (TPSA) is 68.7 Å². The SMILES string of the molecule is CNc1ncc(C(=O)N2CC(O)CC2CN(C)C)cc1Cl. The van der Waals surface area contributed by atoms with Gasteiger partial charge >= 0.3 is 0 Å². The molecule has 1 saturated heterocycles. The maximum absolute atomic E-state index is 12.6. The molecule has 0 radical (unpaired) electrons. The molecule has 0 aromatic carbocycles. The van der Waals surface area contributed by atoms with Crippen LogP contribution in [0.4, 0.5) is 5.82 Å². The fourth-order valence-electron chi connectivity index (χ4n) is 2.64. The van der Waals surface area contributed by atoms with E-state index in [4.69, 9.17) is 11.6 Å². The lowest BCUT2D eigenvalue weighted by atomic mass is 10.1. The molecular formula is C14H21ClN4O2. The molecule has 1 aliphatic heterocycles. The number of pyridine rings is 1. The zero-order chi connectivity index (χ0) is 15.6. The molecule has 0 spiro atoms. The number of aromatic nitrogens is 1. The molecule has 21 heavy (non-hydrogen) atoms. The Morgan fingerprint density at radius 2 is 2.33 bits per heavy atom. The Morgan fingerprint density at radius 3 is 2.90 bits per heavy atom. The first-order valence-corrected chi connectivity index (χ1v) is 7.27. The summed E-state index contributed by atoms with van der Waals surface area (Å²) in [6, 6.07) is 1.62. The molecule has 7 heteroatoms. The number of β-amino-alcohol motifs (C(OH)–C–C–N with tert-alkyl or cyclic N) is 1. The van der Waals surface area contributed by atoms with Gasteiger partial charge in [-0.3, -0.25) is 4.79 Å². The van der Waals surface area contributed by atoms with E-state index in [0.29, 0.717) is 29.4 Å². The highest BCUT2D eigenvalue weighted by atomic mass is 35.5. The lowest BCUT2D eigenvalue weighted by molar-refractivity contribution is 0.0699. The maximum atomic E-state index is 12.6. The minimum atomic E-state index is -0.473. The molecular weight excluding hydrogens is 292 g/mol. The summed E-state index contributed by atoms with van der Waals surface area (Å²) in [5.74, 6) is 0.398. The minimum Gasteiger partial charge on any atom is -0.391 e. The predicted molar refractivity (Wildman–Crippen MR) is 82.8 cm³/mol. The molecule has 0 bridgehead atoms. The van der Waals surface area contributed by atoms with Crippen LogP contribution in [0.1, 0.15) is 16.8 Å². The number of rotatable bonds is 4. The molecule has 2 atom stereocenters. The van der Waals surface area contributed by atoms with Crippen molar-refractivity contribution in [2.75, 3.05) is 39.5 Å². The second-order valence-corrected chi connectivity index (χ2v) is 5.97. The number of carbonyl (C=O) groups excluding carboxylic acids is 1. The quantitative estimate of drug-likeness (QED) is 0.865. The van der Waals surface area contributed by atoms with E-state index in [9.17, 15) is 9.90 Å². The van der Waals surface area contributed by atoms with Crippen LogP contribution < -0.4 is 5.32 Å². The Balaban J connectivity index is 2.19. The molecule has 1 aliphatic rings. The first kappa shape index (κ1) is 16.0. The normalized spacial score (nSPS) is 21.9. The van der Waals surface area contributed by atoms with E-state index in [2.05, 4.69) is 10.3 Å². The number of nitrogens with zero attached hydrogens (tertiary/aromatic N) is 3. The van der Waals surface area contributed by atoms with Gasteiger partial charge in [0.15, 0.2) is 0 Å². The number of aliphatic hydroxyl groups is 1. The average Bonchev–Trinajstić information content (AvgIpc) is 2.77. The number of hydrogen-bond donors (Lipinski definition) is 2. The highest BCUT2D eigenvalue weighted by Gasteiger charge is 2.35. The van der Waals surface area contributed by atoms with Gasteiger partial charge in [-0.25, -0.2) is 4.98 Å². The van der Waals surface area contributed by atoms with Gasteiger partial charge < -0.3 is 20.2 Å². The number of hydrogen-bond acceptors (Lipinski definition) is 5. The molecule has 2 heterocycles. The Hall–Kier alpha value is -1.37. The van der Waals surface area contributed by atoms with Crippen LogP contribution >= 0.6 is 11.6 Å². The lowest BCUT2D eigenvalue weighted by Crippen LogP contribution is -2.41. The number of nitrogens with one attached hydrogen (secondary N) is 1. The third-order valence-corrected chi connectivity index (χ3v) is 3.84. The molecule has 1 fully saturated rings. The predicted octanol–water partition coefficient (Wildman–Crippen LogP) is 0.914.